The first-order valence-electron chi connectivity index (χ1n) is 12.3. The van der Waals surface area contributed by atoms with Gasteiger partial charge in [-0.2, -0.15) is 5.10 Å². The van der Waals surface area contributed by atoms with Gasteiger partial charge in [0.25, 0.3) is 0 Å². The second kappa shape index (κ2) is 14.0. The minimum absolute atomic E-state index is 0.287. The van der Waals surface area contributed by atoms with Gasteiger partial charge in [0.1, 0.15) is 17.2 Å². The molecule has 3 rings (SSSR count). The van der Waals surface area contributed by atoms with Gasteiger partial charge in [0.05, 0.1) is 32.0 Å². The van der Waals surface area contributed by atoms with Crippen LogP contribution < -0.4 is 9.47 Å². The topological polar surface area (TPSA) is 78.2 Å². The van der Waals surface area contributed by atoms with Crippen LogP contribution in [0.5, 0.6) is 17.4 Å². The minimum atomic E-state index is -0.622. The van der Waals surface area contributed by atoms with Crippen LogP contribution in [-0.2, 0) is 23.1 Å². The highest BCUT2D eigenvalue weighted by Gasteiger charge is 2.23. The van der Waals surface area contributed by atoms with Crippen LogP contribution in [0.25, 0.3) is 11.3 Å². The van der Waals surface area contributed by atoms with E-state index >= 15 is 0 Å². The van der Waals surface area contributed by atoms with Crippen molar-refractivity contribution >= 4 is 0 Å². The second-order valence-electron chi connectivity index (χ2n) is 9.21. The van der Waals surface area contributed by atoms with Gasteiger partial charge in [0.2, 0.25) is 5.88 Å². The standard InChI is InChI=1S/C28H39N3O5/c1-21(2)19-35-20-23(32)17-31(15-16-33-4)18-26-27(22-9-7-6-8-10-22)29-30(3)28(26)36-25-13-11-24(34-5)12-14-25/h6-14,21,23,32H,15-20H2,1-5H3/t23-/m0/s1. The summed E-state index contributed by atoms with van der Waals surface area (Å²) in [4.78, 5) is 2.15. The fraction of sp³-hybridized carbons (Fsp3) is 0.464. The highest BCUT2D eigenvalue weighted by atomic mass is 16.5. The Morgan fingerprint density at radius 2 is 1.67 bits per heavy atom. The predicted molar refractivity (Wildman–Crippen MR) is 141 cm³/mol. The summed E-state index contributed by atoms with van der Waals surface area (Å²) < 4.78 is 24.4. The lowest BCUT2D eigenvalue weighted by Crippen LogP contribution is -2.37. The third-order valence-electron chi connectivity index (χ3n) is 5.63. The number of nitrogens with zero attached hydrogens (tertiary/aromatic N) is 3. The van der Waals surface area contributed by atoms with Crippen molar-refractivity contribution in [3.63, 3.8) is 0 Å². The van der Waals surface area contributed by atoms with Crippen LogP contribution in [0.3, 0.4) is 0 Å². The molecule has 1 heterocycles. The third kappa shape index (κ3) is 8.06. The van der Waals surface area contributed by atoms with E-state index in [1.165, 1.54) is 0 Å². The predicted octanol–water partition coefficient (Wildman–Crippen LogP) is 4.37. The molecular formula is C28H39N3O5. The summed E-state index contributed by atoms with van der Waals surface area (Å²) in [5.74, 6) is 2.51. The Labute approximate surface area is 214 Å². The molecule has 0 bridgehead atoms. The van der Waals surface area contributed by atoms with Crippen molar-refractivity contribution in [1.82, 2.24) is 14.7 Å². The molecule has 0 fully saturated rings. The summed E-state index contributed by atoms with van der Waals surface area (Å²) in [6, 6.07) is 17.5. The molecule has 1 aromatic heterocycles. The molecule has 0 radical (unpaired) electrons. The summed E-state index contributed by atoms with van der Waals surface area (Å²) in [5.41, 5.74) is 2.78. The first kappa shape index (κ1) is 27.7. The first-order chi connectivity index (χ1) is 17.4. The summed E-state index contributed by atoms with van der Waals surface area (Å²) in [6.45, 7) is 7.23. The van der Waals surface area contributed by atoms with E-state index in [1.54, 1.807) is 18.9 Å². The van der Waals surface area contributed by atoms with Crippen LogP contribution >= 0.6 is 0 Å². The van der Waals surface area contributed by atoms with Crippen LogP contribution in [-0.4, -0.2) is 73.0 Å². The Kier molecular flexibility index (Phi) is 10.8. The van der Waals surface area contributed by atoms with Crippen LogP contribution in [0.15, 0.2) is 54.6 Å². The van der Waals surface area contributed by atoms with Crippen LogP contribution in [0.4, 0.5) is 0 Å². The normalized spacial score (nSPS) is 12.3. The zero-order valence-electron chi connectivity index (χ0n) is 22.0. The van der Waals surface area contributed by atoms with Crippen LogP contribution in [0.1, 0.15) is 19.4 Å². The fourth-order valence-corrected chi connectivity index (χ4v) is 3.88. The molecule has 8 heteroatoms. The maximum absolute atomic E-state index is 10.7. The zero-order valence-corrected chi connectivity index (χ0v) is 22.0. The maximum Gasteiger partial charge on any atom is 0.222 e. The number of methoxy groups -OCH3 is 2. The molecule has 0 spiro atoms. The van der Waals surface area contributed by atoms with Crippen molar-refractivity contribution < 1.29 is 24.1 Å². The lowest BCUT2D eigenvalue weighted by atomic mass is 10.1. The van der Waals surface area contributed by atoms with Crippen molar-refractivity contribution in [2.45, 2.75) is 26.5 Å². The van der Waals surface area contributed by atoms with Crippen molar-refractivity contribution in [2.24, 2.45) is 13.0 Å². The molecule has 36 heavy (non-hydrogen) atoms. The van der Waals surface area contributed by atoms with E-state index < -0.39 is 6.10 Å². The zero-order chi connectivity index (χ0) is 25.9. The molecule has 0 saturated carbocycles. The fourth-order valence-electron chi connectivity index (χ4n) is 3.88. The number of hydrogen-bond donors (Lipinski definition) is 1. The molecule has 1 N–H and O–H groups in total. The van der Waals surface area contributed by atoms with E-state index in [2.05, 4.69) is 18.7 Å². The van der Waals surface area contributed by atoms with E-state index in [9.17, 15) is 5.11 Å². The number of benzene rings is 2. The van der Waals surface area contributed by atoms with Gasteiger partial charge in [0, 0.05) is 46.0 Å². The summed E-state index contributed by atoms with van der Waals surface area (Å²) in [7, 11) is 5.19. The second-order valence-corrected chi connectivity index (χ2v) is 9.21. The van der Waals surface area contributed by atoms with Gasteiger partial charge in [-0.05, 0) is 30.2 Å². The molecule has 0 amide bonds. The monoisotopic (exact) mass is 497 g/mol. The molecule has 0 aliphatic rings. The van der Waals surface area contributed by atoms with Crippen LogP contribution in [0, 0.1) is 5.92 Å². The van der Waals surface area contributed by atoms with Gasteiger partial charge < -0.3 is 24.1 Å². The quantitative estimate of drug-likeness (QED) is 0.334. The summed E-state index contributed by atoms with van der Waals surface area (Å²) in [6.07, 6.45) is -0.622. The van der Waals surface area contributed by atoms with Crippen molar-refractivity contribution in [3.8, 4) is 28.6 Å². The molecule has 1 atom stereocenters. The van der Waals surface area contributed by atoms with Crippen molar-refractivity contribution in [3.05, 3.63) is 60.2 Å². The molecular weight excluding hydrogens is 458 g/mol. The van der Waals surface area contributed by atoms with Gasteiger partial charge in [-0.15, -0.1) is 0 Å². The third-order valence-corrected chi connectivity index (χ3v) is 5.63. The van der Waals surface area contributed by atoms with E-state index in [0.717, 1.165) is 22.6 Å². The number of aliphatic hydroxyl groups excluding tert-OH is 1. The number of aromatic nitrogens is 2. The van der Waals surface area contributed by atoms with E-state index in [4.69, 9.17) is 24.0 Å². The van der Waals surface area contributed by atoms with E-state index in [1.807, 2.05) is 61.6 Å². The average molecular weight is 498 g/mol. The Balaban J connectivity index is 1.89. The number of aliphatic hydroxyl groups is 1. The molecule has 2 aromatic carbocycles. The largest absolute Gasteiger partial charge is 0.497 e. The molecule has 3 aromatic rings. The number of hydrogen-bond acceptors (Lipinski definition) is 7. The van der Waals surface area contributed by atoms with Crippen molar-refractivity contribution in [1.29, 1.82) is 0 Å². The Bertz CT molecular complexity index is 1040. The Morgan fingerprint density at radius 3 is 2.31 bits per heavy atom. The summed E-state index contributed by atoms with van der Waals surface area (Å²) >= 11 is 0. The highest BCUT2D eigenvalue weighted by Crippen LogP contribution is 2.34. The van der Waals surface area contributed by atoms with Crippen LogP contribution in [0.2, 0.25) is 0 Å². The number of aryl methyl sites for hydroxylation is 1. The van der Waals surface area contributed by atoms with Gasteiger partial charge in [-0.3, -0.25) is 4.90 Å². The molecule has 0 saturated heterocycles. The lowest BCUT2D eigenvalue weighted by Gasteiger charge is -2.25. The van der Waals surface area contributed by atoms with Gasteiger partial charge >= 0.3 is 0 Å². The average Bonchev–Trinajstić information content (AvgIpc) is 3.18. The molecule has 0 aliphatic carbocycles. The Hall–Kier alpha value is -2.91. The van der Waals surface area contributed by atoms with E-state index in [-0.39, 0.29) is 6.61 Å². The summed E-state index contributed by atoms with van der Waals surface area (Å²) in [5, 5.41) is 15.5. The highest BCUT2D eigenvalue weighted by molar-refractivity contribution is 5.65. The molecule has 0 aliphatic heterocycles. The van der Waals surface area contributed by atoms with Gasteiger partial charge in [-0.1, -0.05) is 44.2 Å². The molecule has 8 nitrogen and oxygen atoms in total. The maximum atomic E-state index is 10.7. The smallest absolute Gasteiger partial charge is 0.222 e. The van der Waals surface area contributed by atoms with Gasteiger partial charge in [-0.25, -0.2) is 4.68 Å². The molecule has 0 unspecified atom stereocenters. The van der Waals surface area contributed by atoms with Gasteiger partial charge in [0.15, 0.2) is 0 Å². The minimum Gasteiger partial charge on any atom is -0.497 e. The van der Waals surface area contributed by atoms with E-state index in [0.29, 0.717) is 50.4 Å². The number of ether oxygens (including phenoxy) is 4. The number of rotatable bonds is 15. The lowest BCUT2D eigenvalue weighted by molar-refractivity contribution is 0.00329. The molecule has 196 valence electrons. The first-order valence-corrected chi connectivity index (χ1v) is 12.3. The SMILES string of the molecule is COCCN(Cc1c(-c2ccccc2)nn(C)c1Oc1ccc(OC)cc1)C[C@H](O)COCC(C)C. The van der Waals surface area contributed by atoms with Crippen molar-refractivity contribution in [2.75, 3.05) is 47.1 Å². The Morgan fingerprint density at radius 1 is 0.972 bits per heavy atom.